The molecule has 2 N–H and O–H groups in total. The summed E-state index contributed by atoms with van der Waals surface area (Å²) in [5, 5.41) is 20.0. The molecule has 0 aromatic heterocycles. The van der Waals surface area contributed by atoms with Gasteiger partial charge in [-0.1, -0.05) is 6.07 Å². The first-order valence-electron chi connectivity index (χ1n) is 8.65. The molecule has 0 radical (unpaired) electrons. The number of hydrogen-bond acceptors (Lipinski definition) is 5. The highest BCUT2D eigenvalue weighted by Gasteiger charge is 2.32. The predicted molar refractivity (Wildman–Crippen MR) is 98.4 cm³/mol. The van der Waals surface area contributed by atoms with Crippen LogP contribution in [0, 0.1) is 0 Å². The summed E-state index contributed by atoms with van der Waals surface area (Å²) >= 11 is 0. The van der Waals surface area contributed by atoms with Gasteiger partial charge in [0.15, 0.2) is 0 Å². The molecule has 4 rings (SSSR count). The van der Waals surface area contributed by atoms with Crippen LogP contribution in [-0.4, -0.2) is 29.5 Å². The van der Waals surface area contributed by atoms with E-state index in [2.05, 4.69) is 0 Å². The van der Waals surface area contributed by atoms with Gasteiger partial charge in [0.2, 0.25) is 0 Å². The summed E-state index contributed by atoms with van der Waals surface area (Å²) in [4.78, 5) is 0. The highest BCUT2D eigenvalue weighted by Crippen LogP contribution is 2.46. The molecule has 1 unspecified atom stereocenters. The Bertz CT molecular complexity index is 881. The average molecular weight is 354 g/mol. The molecule has 0 bridgehead atoms. The van der Waals surface area contributed by atoms with Crippen LogP contribution in [0.2, 0.25) is 0 Å². The van der Waals surface area contributed by atoms with Gasteiger partial charge in [-0.3, -0.25) is 0 Å². The van der Waals surface area contributed by atoms with Crippen LogP contribution in [0.25, 0.3) is 6.08 Å². The minimum Gasteiger partial charge on any atom is -0.508 e. The summed E-state index contributed by atoms with van der Waals surface area (Å²) in [6.07, 6.45) is 4.55. The first kappa shape index (κ1) is 16.6. The zero-order valence-corrected chi connectivity index (χ0v) is 15.1. The van der Waals surface area contributed by atoms with Crippen molar-refractivity contribution in [3.63, 3.8) is 0 Å². The van der Waals surface area contributed by atoms with Gasteiger partial charge in [-0.15, -0.1) is 0 Å². The smallest absolute Gasteiger partial charge is 0.135 e. The van der Waals surface area contributed by atoms with Crippen LogP contribution in [0.3, 0.4) is 0 Å². The van der Waals surface area contributed by atoms with Crippen LogP contribution < -0.4 is 14.2 Å². The molecular weight excluding hydrogens is 332 g/mol. The zero-order valence-electron chi connectivity index (χ0n) is 15.1. The van der Waals surface area contributed by atoms with Gasteiger partial charge < -0.3 is 24.4 Å². The van der Waals surface area contributed by atoms with Gasteiger partial charge >= 0.3 is 0 Å². The van der Waals surface area contributed by atoms with E-state index < -0.39 is 5.60 Å². The van der Waals surface area contributed by atoms with Crippen molar-refractivity contribution in [2.24, 2.45) is 0 Å². The van der Waals surface area contributed by atoms with Crippen LogP contribution in [0.1, 0.15) is 36.5 Å². The third-order valence-electron chi connectivity index (χ3n) is 4.92. The van der Waals surface area contributed by atoms with Crippen LogP contribution in [0.5, 0.6) is 28.7 Å². The van der Waals surface area contributed by atoms with Crippen molar-refractivity contribution in [2.75, 3.05) is 13.7 Å². The lowest BCUT2D eigenvalue weighted by molar-refractivity contribution is 0.153. The summed E-state index contributed by atoms with van der Waals surface area (Å²) in [5.41, 5.74) is 2.18. The normalized spacial score (nSPS) is 19.7. The minimum absolute atomic E-state index is 0.0533. The Hall–Kier alpha value is -2.82. The van der Waals surface area contributed by atoms with Gasteiger partial charge in [0.1, 0.15) is 34.3 Å². The number of hydrogen-bond donors (Lipinski definition) is 2. The van der Waals surface area contributed by atoms with Crippen molar-refractivity contribution >= 4 is 6.08 Å². The topological polar surface area (TPSA) is 68.2 Å². The van der Waals surface area contributed by atoms with Gasteiger partial charge in [-0.2, -0.15) is 0 Å². The number of ether oxygens (including phenoxy) is 3. The lowest BCUT2D eigenvalue weighted by Gasteiger charge is -2.33. The molecule has 0 saturated heterocycles. The van der Waals surface area contributed by atoms with E-state index in [1.54, 1.807) is 25.3 Å². The van der Waals surface area contributed by atoms with Gasteiger partial charge in [0, 0.05) is 29.2 Å². The number of phenolic OH excluding ortho intramolecular Hbond substituents is 2. The van der Waals surface area contributed by atoms with Crippen LogP contribution in [0.15, 0.2) is 30.3 Å². The molecule has 1 atom stereocenters. The zero-order chi connectivity index (χ0) is 18.5. The van der Waals surface area contributed by atoms with E-state index in [1.807, 2.05) is 32.1 Å². The van der Waals surface area contributed by atoms with Crippen molar-refractivity contribution in [2.45, 2.75) is 31.8 Å². The second-order valence-corrected chi connectivity index (χ2v) is 7.29. The highest BCUT2D eigenvalue weighted by molar-refractivity contribution is 5.69. The van der Waals surface area contributed by atoms with Crippen molar-refractivity contribution in [1.82, 2.24) is 0 Å². The molecule has 2 aromatic rings. The van der Waals surface area contributed by atoms with E-state index in [1.165, 1.54) is 0 Å². The van der Waals surface area contributed by atoms with Crippen LogP contribution in [0.4, 0.5) is 0 Å². The quantitative estimate of drug-likeness (QED) is 0.853. The molecule has 2 aliphatic rings. The van der Waals surface area contributed by atoms with E-state index >= 15 is 0 Å². The van der Waals surface area contributed by atoms with E-state index in [4.69, 9.17) is 14.2 Å². The first-order chi connectivity index (χ1) is 12.4. The predicted octanol–water partition coefficient (Wildman–Crippen LogP) is 4.01. The fourth-order valence-corrected chi connectivity index (χ4v) is 3.60. The maximum atomic E-state index is 10.2. The summed E-state index contributed by atoms with van der Waals surface area (Å²) in [6.45, 7) is 4.43. The van der Waals surface area contributed by atoms with E-state index in [-0.39, 0.29) is 17.4 Å². The Kier molecular flexibility index (Phi) is 3.75. The minimum atomic E-state index is -0.438. The number of fused-ring (bicyclic) bond motifs is 2. The highest BCUT2D eigenvalue weighted by atomic mass is 16.5. The summed E-state index contributed by atoms with van der Waals surface area (Å²) < 4.78 is 17.5. The molecule has 2 aromatic carbocycles. The molecular formula is C21H22O5. The molecule has 0 aliphatic carbocycles. The third-order valence-corrected chi connectivity index (χ3v) is 4.92. The van der Waals surface area contributed by atoms with E-state index in [0.29, 0.717) is 35.8 Å². The summed E-state index contributed by atoms with van der Waals surface area (Å²) in [7, 11) is 1.58. The molecule has 136 valence electrons. The van der Waals surface area contributed by atoms with Crippen LogP contribution >= 0.6 is 0 Å². The fourth-order valence-electron chi connectivity index (χ4n) is 3.60. The molecule has 26 heavy (non-hydrogen) atoms. The largest absolute Gasteiger partial charge is 0.508 e. The van der Waals surface area contributed by atoms with E-state index in [0.717, 1.165) is 11.1 Å². The molecule has 0 saturated carbocycles. The van der Waals surface area contributed by atoms with Gasteiger partial charge in [-0.05, 0) is 38.5 Å². The van der Waals surface area contributed by atoms with Gasteiger partial charge in [0.25, 0.3) is 0 Å². The Labute approximate surface area is 152 Å². The van der Waals surface area contributed by atoms with Crippen molar-refractivity contribution < 1.29 is 24.4 Å². The van der Waals surface area contributed by atoms with Crippen molar-refractivity contribution in [1.29, 1.82) is 0 Å². The SMILES string of the molecule is COc1cc(O)cc2c1CC(c1ccc(O)c3c1OC(C)(C)C=C3)CO2. The van der Waals surface area contributed by atoms with Gasteiger partial charge in [0.05, 0.1) is 19.3 Å². The molecule has 0 fully saturated rings. The van der Waals surface area contributed by atoms with Gasteiger partial charge in [-0.25, -0.2) is 0 Å². The molecule has 5 nitrogen and oxygen atoms in total. The Morgan fingerprint density at radius 1 is 1.19 bits per heavy atom. The van der Waals surface area contributed by atoms with E-state index in [9.17, 15) is 10.2 Å². The fraction of sp³-hybridized carbons (Fsp3) is 0.333. The number of rotatable bonds is 2. The van der Waals surface area contributed by atoms with Crippen molar-refractivity contribution in [3.05, 3.63) is 47.0 Å². The molecule has 2 heterocycles. The Morgan fingerprint density at radius 2 is 2.00 bits per heavy atom. The third kappa shape index (κ3) is 2.73. The monoisotopic (exact) mass is 354 g/mol. The second-order valence-electron chi connectivity index (χ2n) is 7.29. The lowest BCUT2D eigenvalue weighted by Crippen LogP contribution is -2.29. The molecule has 0 spiro atoms. The Morgan fingerprint density at radius 3 is 2.77 bits per heavy atom. The maximum Gasteiger partial charge on any atom is 0.135 e. The first-order valence-corrected chi connectivity index (χ1v) is 8.65. The van der Waals surface area contributed by atoms with Crippen LogP contribution in [-0.2, 0) is 6.42 Å². The Balaban J connectivity index is 1.76. The lowest BCUT2D eigenvalue weighted by atomic mass is 9.87. The van der Waals surface area contributed by atoms with Crippen molar-refractivity contribution in [3.8, 4) is 28.7 Å². The maximum absolute atomic E-state index is 10.2. The summed E-state index contributed by atoms with van der Waals surface area (Å²) in [5.74, 6) is 2.33. The molecule has 0 amide bonds. The number of methoxy groups -OCH3 is 1. The second kappa shape index (κ2) is 5.87. The number of aromatic hydroxyl groups is 2. The molecule has 2 aliphatic heterocycles. The standard InChI is InChI=1S/C21H22O5/c1-21(2)7-6-15-17(23)5-4-14(20(15)26-21)12-8-16-18(24-3)9-13(22)10-19(16)25-11-12/h4-7,9-10,12,22-23H,8,11H2,1-3H3. The average Bonchev–Trinajstić information content (AvgIpc) is 2.60. The summed E-state index contributed by atoms with van der Waals surface area (Å²) in [6, 6.07) is 6.81. The number of benzene rings is 2. The molecule has 5 heteroatoms. The number of phenols is 2.